The summed E-state index contributed by atoms with van der Waals surface area (Å²) in [5.41, 5.74) is 3.01. The topological polar surface area (TPSA) is 63.4 Å². The van der Waals surface area contributed by atoms with Gasteiger partial charge >= 0.3 is 0 Å². The zero-order valence-corrected chi connectivity index (χ0v) is 16.4. The summed E-state index contributed by atoms with van der Waals surface area (Å²) < 4.78 is 5.84. The third-order valence-electron chi connectivity index (χ3n) is 4.85. The molecule has 0 bridgehead atoms. The van der Waals surface area contributed by atoms with E-state index < -0.39 is 0 Å². The number of ketones is 1. The number of nitrogens with zero attached hydrogens (tertiary/aromatic N) is 2. The molecule has 5 nitrogen and oxygen atoms in total. The summed E-state index contributed by atoms with van der Waals surface area (Å²) in [7, 11) is 0. The minimum absolute atomic E-state index is 0.0532. The zero-order chi connectivity index (χ0) is 19.7. The van der Waals surface area contributed by atoms with Crippen molar-refractivity contribution in [2.45, 2.75) is 26.2 Å². The fourth-order valence-electron chi connectivity index (χ4n) is 3.48. The molecule has 0 N–H and O–H groups in total. The van der Waals surface area contributed by atoms with Gasteiger partial charge in [0, 0.05) is 35.9 Å². The Bertz CT molecular complexity index is 1050. The Kier molecular flexibility index (Phi) is 4.96. The number of fused-ring (bicyclic) bond motifs is 1. The van der Waals surface area contributed by atoms with Gasteiger partial charge in [-0.3, -0.25) is 14.5 Å². The average Bonchev–Trinajstić information content (AvgIpc) is 3.32. The van der Waals surface area contributed by atoms with Gasteiger partial charge in [-0.2, -0.15) is 0 Å². The number of benzene rings is 1. The summed E-state index contributed by atoms with van der Waals surface area (Å²) in [4.78, 5) is 31.7. The fraction of sp³-hybridized carbons (Fsp3) is 0.227. The summed E-state index contributed by atoms with van der Waals surface area (Å²) in [5.74, 6) is 0.601. The predicted molar refractivity (Wildman–Crippen MR) is 110 cm³/mol. The Morgan fingerprint density at radius 2 is 2.11 bits per heavy atom. The molecule has 6 heteroatoms. The maximum Gasteiger partial charge on any atom is 0.296 e. The predicted octanol–water partition coefficient (Wildman–Crippen LogP) is 5.06. The zero-order valence-electron chi connectivity index (χ0n) is 15.6. The van der Waals surface area contributed by atoms with E-state index in [2.05, 4.69) is 11.6 Å². The lowest BCUT2D eigenvalue weighted by Crippen LogP contribution is -2.31. The second kappa shape index (κ2) is 7.56. The van der Waals surface area contributed by atoms with Crippen molar-refractivity contribution in [3.63, 3.8) is 0 Å². The van der Waals surface area contributed by atoms with Crippen LogP contribution in [0.25, 0.3) is 11.3 Å². The monoisotopic (exact) mass is 392 g/mol. The van der Waals surface area contributed by atoms with Gasteiger partial charge in [0.2, 0.25) is 0 Å². The van der Waals surface area contributed by atoms with E-state index in [4.69, 9.17) is 4.42 Å². The van der Waals surface area contributed by atoms with Crippen LogP contribution in [0.3, 0.4) is 0 Å². The van der Waals surface area contributed by atoms with Crippen LogP contribution in [0.2, 0.25) is 0 Å². The van der Waals surface area contributed by atoms with Gasteiger partial charge in [-0.25, -0.2) is 4.98 Å². The van der Waals surface area contributed by atoms with Crippen LogP contribution in [-0.4, -0.2) is 23.2 Å². The van der Waals surface area contributed by atoms with Crippen LogP contribution in [0.15, 0.2) is 52.8 Å². The maximum atomic E-state index is 13.3. The standard InChI is InChI=1S/C22H20N2O3S/c1-3-12-24(22-23-16(13-28-22)15-8-5-4-6-9-15)21(26)20-14(2)19-17(25)10-7-11-18(19)27-20/h3-6,8-9,13H,1,7,10-12H2,2H3. The number of Topliss-reactive ketones (excluding diaryl/α,β-unsaturated/α-hetero) is 1. The Morgan fingerprint density at radius 1 is 1.32 bits per heavy atom. The number of aromatic nitrogens is 1. The molecule has 0 unspecified atom stereocenters. The van der Waals surface area contributed by atoms with Gasteiger partial charge in [-0.15, -0.1) is 17.9 Å². The highest BCUT2D eigenvalue weighted by Crippen LogP contribution is 2.32. The SMILES string of the molecule is C=CCN(C(=O)c1oc2c(c1C)C(=O)CCC2)c1nc(-c2ccccc2)cs1. The molecule has 0 atom stereocenters. The third-order valence-corrected chi connectivity index (χ3v) is 5.71. The van der Waals surface area contributed by atoms with Crippen molar-refractivity contribution >= 4 is 28.2 Å². The van der Waals surface area contributed by atoms with Gasteiger partial charge in [-0.05, 0) is 13.3 Å². The number of thiazole rings is 1. The Hall–Kier alpha value is -2.99. The summed E-state index contributed by atoms with van der Waals surface area (Å²) in [6.45, 7) is 5.85. The molecule has 3 aromatic rings. The highest BCUT2D eigenvalue weighted by atomic mass is 32.1. The van der Waals surface area contributed by atoms with Crippen molar-refractivity contribution in [2.24, 2.45) is 0 Å². The number of furan rings is 1. The molecule has 2 heterocycles. The van der Waals surface area contributed by atoms with Crippen LogP contribution in [0.5, 0.6) is 0 Å². The van der Waals surface area contributed by atoms with Gasteiger partial charge in [-0.1, -0.05) is 36.4 Å². The van der Waals surface area contributed by atoms with Crippen molar-refractivity contribution in [1.82, 2.24) is 4.98 Å². The number of carbonyl (C=O) groups excluding carboxylic acids is 2. The molecular formula is C22H20N2O3S. The first-order chi connectivity index (χ1) is 13.6. The van der Waals surface area contributed by atoms with Crippen LogP contribution in [-0.2, 0) is 6.42 Å². The number of hydrogen-bond donors (Lipinski definition) is 0. The number of aryl methyl sites for hydroxylation is 1. The lowest BCUT2D eigenvalue weighted by molar-refractivity contribution is 0.0950. The highest BCUT2D eigenvalue weighted by molar-refractivity contribution is 7.14. The molecular weight excluding hydrogens is 372 g/mol. The maximum absolute atomic E-state index is 13.3. The third kappa shape index (κ3) is 3.20. The number of amides is 1. The molecule has 1 aromatic carbocycles. The van der Waals surface area contributed by atoms with Crippen molar-refractivity contribution in [3.8, 4) is 11.3 Å². The lowest BCUT2D eigenvalue weighted by atomic mass is 9.94. The first-order valence-corrected chi connectivity index (χ1v) is 10.1. The van der Waals surface area contributed by atoms with E-state index in [0.717, 1.165) is 17.7 Å². The Labute approximate surface area is 167 Å². The number of hydrogen-bond acceptors (Lipinski definition) is 5. The van der Waals surface area contributed by atoms with E-state index in [0.29, 0.717) is 41.4 Å². The molecule has 1 aliphatic carbocycles. The molecule has 142 valence electrons. The van der Waals surface area contributed by atoms with Crippen molar-refractivity contribution in [3.05, 3.63) is 71.0 Å². The smallest absolute Gasteiger partial charge is 0.296 e. The number of carbonyl (C=O) groups is 2. The minimum atomic E-state index is -0.298. The highest BCUT2D eigenvalue weighted by Gasteiger charge is 2.31. The van der Waals surface area contributed by atoms with Crippen molar-refractivity contribution in [1.29, 1.82) is 0 Å². The van der Waals surface area contributed by atoms with E-state index in [1.165, 1.54) is 11.3 Å². The number of rotatable bonds is 5. The van der Waals surface area contributed by atoms with Crippen molar-refractivity contribution < 1.29 is 14.0 Å². The molecule has 1 amide bonds. The normalized spacial score (nSPS) is 13.2. The number of anilines is 1. The Balaban J connectivity index is 1.69. The summed E-state index contributed by atoms with van der Waals surface area (Å²) >= 11 is 1.39. The van der Waals surface area contributed by atoms with Gasteiger partial charge < -0.3 is 4.42 Å². The van der Waals surface area contributed by atoms with E-state index >= 15 is 0 Å². The molecule has 0 spiro atoms. The molecule has 4 rings (SSSR count). The van der Waals surface area contributed by atoms with E-state index in [-0.39, 0.29) is 17.5 Å². The largest absolute Gasteiger partial charge is 0.455 e. The molecule has 0 saturated carbocycles. The summed E-state index contributed by atoms with van der Waals surface area (Å²) in [6, 6.07) is 9.82. The lowest BCUT2D eigenvalue weighted by Gasteiger charge is -2.17. The molecule has 0 radical (unpaired) electrons. The van der Waals surface area contributed by atoms with Gasteiger partial charge in [0.15, 0.2) is 16.7 Å². The molecule has 0 aliphatic heterocycles. The average molecular weight is 392 g/mol. The fourth-order valence-corrected chi connectivity index (χ4v) is 4.32. The van der Waals surface area contributed by atoms with E-state index in [1.54, 1.807) is 17.9 Å². The quantitative estimate of drug-likeness (QED) is 0.569. The van der Waals surface area contributed by atoms with E-state index in [1.807, 2.05) is 35.7 Å². The van der Waals surface area contributed by atoms with E-state index in [9.17, 15) is 9.59 Å². The molecule has 0 fully saturated rings. The van der Waals surface area contributed by atoms with Crippen molar-refractivity contribution in [2.75, 3.05) is 11.4 Å². The van der Waals surface area contributed by atoms with Crippen LogP contribution in [0.4, 0.5) is 5.13 Å². The molecule has 28 heavy (non-hydrogen) atoms. The molecule has 2 aromatic heterocycles. The Morgan fingerprint density at radius 3 is 2.82 bits per heavy atom. The molecule has 0 saturated heterocycles. The van der Waals surface area contributed by atoms with Crippen LogP contribution in [0, 0.1) is 6.92 Å². The summed E-state index contributed by atoms with van der Waals surface area (Å²) in [5, 5.41) is 2.50. The first kappa shape index (κ1) is 18.4. The van der Waals surface area contributed by atoms with Crippen LogP contribution in [0.1, 0.15) is 45.1 Å². The van der Waals surface area contributed by atoms with Gasteiger partial charge in [0.25, 0.3) is 5.91 Å². The second-order valence-electron chi connectivity index (χ2n) is 6.72. The molecule has 1 aliphatic rings. The summed E-state index contributed by atoms with van der Waals surface area (Å²) in [6.07, 6.45) is 3.61. The van der Waals surface area contributed by atoms with Gasteiger partial charge in [0.1, 0.15) is 5.76 Å². The minimum Gasteiger partial charge on any atom is -0.455 e. The second-order valence-corrected chi connectivity index (χ2v) is 7.55. The van der Waals surface area contributed by atoms with Gasteiger partial charge in [0.05, 0.1) is 11.3 Å². The first-order valence-electron chi connectivity index (χ1n) is 9.19. The van der Waals surface area contributed by atoms with Crippen LogP contribution < -0.4 is 4.90 Å². The van der Waals surface area contributed by atoms with Crippen LogP contribution >= 0.6 is 11.3 Å².